The Kier molecular flexibility index (Phi) is 9.47. The van der Waals surface area contributed by atoms with E-state index in [1.807, 2.05) is 0 Å². The molecule has 0 spiro atoms. The van der Waals surface area contributed by atoms with E-state index in [4.69, 9.17) is 0 Å². The van der Waals surface area contributed by atoms with Crippen molar-refractivity contribution >= 4 is 55.6 Å². The zero-order chi connectivity index (χ0) is 27.7. The predicted octanol–water partition coefficient (Wildman–Crippen LogP) is 7.71. The van der Waals surface area contributed by atoms with Gasteiger partial charge in [-0.1, -0.05) is 182 Å². The molecule has 3 heteroatoms. The van der Waals surface area contributed by atoms with Crippen molar-refractivity contribution in [3.63, 3.8) is 0 Å². The van der Waals surface area contributed by atoms with Crippen LogP contribution in [0.15, 0.2) is 182 Å². The molecule has 0 radical (unpaired) electrons. The van der Waals surface area contributed by atoms with Crippen LogP contribution in [-0.4, -0.2) is 11.6 Å². The van der Waals surface area contributed by atoms with E-state index in [0.717, 1.165) is 6.16 Å². The molecule has 0 aliphatic rings. The van der Waals surface area contributed by atoms with Crippen molar-refractivity contribution in [1.82, 2.24) is 0 Å². The number of rotatable bonds is 10. The van der Waals surface area contributed by atoms with Gasteiger partial charge in [0.2, 0.25) is 0 Å². The maximum atomic E-state index is 2.36. The van der Waals surface area contributed by atoms with Gasteiger partial charge >= 0.3 is 0 Å². The normalized spacial score (nSPS) is 11.4. The first kappa shape index (κ1) is 27.8. The summed E-state index contributed by atoms with van der Waals surface area (Å²) in [5.74, 6) is 0. The molecule has 0 heterocycles. The fraction of sp³-hybridized carbons (Fsp3) is 0.0526. The SMILES string of the molecule is c1ccc(P(CC(P(c2ccccc2)c2ccccc2)P(c2ccccc2)c2ccccc2)c2ccccc2)cc1. The fourth-order valence-electron chi connectivity index (χ4n) is 5.36. The van der Waals surface area contributed by atoms with E-state index in [0.29, 0.717) is 5.40 Å². The standard InChI is InChI=1S/C38H33P3/c1-7-19-32(20-8-1)39(33-21-9-2-10-22-33)31-38(40(34-23-11-3-12-24-34)35-25-13-4-14-26-35)41(36-27-15-5-16-28-36)37-29-17-6-18-30-37/h1-30,38H,31H2. The van der Waals surface area contributed by atoms with Crippen molar-refractivity contribution in [3.05, 3.63) is 182 Å². The third kappa shape index (κ3) is 6.75. The summed E-state index contributed by atoms with van der Waals surface area (Å²) in [6, 6.07) is 67.7. The highest BCUT2D eigenvalue weighted by Crippen LogP contribution is 2.59. The lowest BCUT2D eigenvalue weighted by molar-refractivity contribution is 1.39. The lowest BCUT2D eigenvalue weighted by Crippen LogP contribution is -2.31. The van der Waals surface area contributed by atoms with Gasteiger partial charge in [0.05, 0.1) is 0 Å². The molecule has 0 amide bonds. The second-order valence-corrected chi connectivity index (χ2v) is 17.3. The molecule has 41 heavy (non-hydrogen) atoms. The second-order valence-electron chi connectivity index (χ2n) is 9.84. The van der Waals surface area contributed by atoms with Crippen molar-refractivity contribution in [1.29, 1.82) is 0 Å². The second kappa shape index (κ2) is 14.0. The molecule has 0 bridgehead atoms. The largest absolute Gasteiger partial charge is 0.0622 e. The van der Waals surface area contributed by atoms with Gasteiger partial charge in [0.25, 0.3) is 0 Å². The molecular weight excluding hydrogens is 549 g/mol. The van der Waals surface area contributed by atoms with Crippen molar-refractivity contribution in [2.24, 2.45) is 0 Å². The first-order valence-corrected chi connectivity index (χ1v) is 18.4. The molecule has 0 N–H and O–H groups in total. The van der Waals surface area contributed by atoms with Crippen molar-refractivity contribution in [2.75, 3.05) is 6.16 Å². The number of benzene rings is 6. The molecule has 6 aromatic rings. The molecule has 200 valence electrons. The van der Waals surface area contributed by atoms with Gasteiger partial charge in [-0.2, -0.15) is 0 Å². The molecule has 0 fully saturated rings. The van der Waals surface area contributed by atoms with Crippen LogP contribution in [-0.2, 0) is 0 Å². The van der Waals surface area contributed by atoms with Crippen molar-refractivity contribution < 1.29 is 0 Å². The van der Waals surface area contributed by atoms with Crippen LogP contribution >= 0.6 is 23.8 Å². The third-order valence-corrected chi connectivity index (χ3v) is 16.7. The summed E-state index contributed by atoms with van der Waals surface area (Å²) < 4.78 is 0. The van der Waals surface area contributed by atoms with Gasteiger partial charge < -0.3 is 0 Å². The van der Waals surface area contributed by atoms with Crippen LogP contribution in [0.25, 0.3) is 0 Å². The van der Waals surface area contributed by atoms with Crippen molar-refractivity contribution in [3.8, 4) is 0 Å². The minimum absolute atomic E-state index is 0.432. The molecule has 0 aliphatic heterocycles. The minimum Gasteiger partial charge on any atom is -0.0622 e. The molecule has 0 aliphatic carbocycles. The molecule has 6 aromatic carbocycles. The lowest BCUT2D eigenvalue weighted by atomic mass is 10.4. The van der Waals surface area contributed by atoms with Gasteiger partial charge in [0.15, 0.2) is 0 Å². The highest BCUT2D eigenvalue weighted by molar-refractivity contribution is 7.91. The van der Waals surface area contributed by atoms with Gasteiger partial charge in [0, 0.05) is 5.40 Å². The number of hydrogen-bond acceptors (Lipinski definition) is 0. The van der Waals surface area contributed by atoms with Crippen LogP contribution < -0.4 is 31.8 Å². The van der Waals surface area contributed by atoms with Gasteiger partial charge in [-0.3, -0.25) is 0 Å². The first-order chi connectivity index (χ1) is 20.4. The summed E-state index contributed by atoms with van der Waals surface area (Å²) >= 11 is 0. The first-order valence-electron chi connectivity index (χ1n) is 14.0. The maximum Gasteiger partial charge on any atom is 0.0200 e. The highest BCUT2D eigenvalue weighted by Gasteiger charge is 2.36. The van der Waals surface area contributed by atoms with Gasteiger partial charge in [0.1, 0.15) is 0 Å². The van der Waals surface area contributed by atoms with Crippen molar-refractivity contribution in [2.45, 2.75) is 5.40 Å². The molecule has 0 saturated carbocycles. The van der Waals surface area contributed by atoms with E-state index in [-0.39, 0.29) is 0 Å². The molecule has 0 aromatic heterocycles. The van der Waals surface area contributed by atoms with Crippen LogP contribution in [0.3, 0.4) is 0 Å². The summed E-state index contributed by atoms with van der Waals surface area (Å²) in [5.41, 5.74) is 0. The van der Waals surface area contributed by atoms with E-state index in [2.05, 4.69) is 182 Å². The summed E-state index contributed by atoms with van der Waals surface area (Å²) in [6.45, 7) is 0. The Morgan fingerprint density at radius 3 is 0.756 bits per heavy atom. The number of hydrogen-bond donors (Lipinski definition) is 0. The Bertz CT molecular complexity index is 1390. The quantitative estimate of drug-likeness (QED) is 0.145. The Labute approximate surface area is 248 Å². The Hall–Kier alpha value is -3.39. The lowest BCUT2D eigenvalue weighted by Gasteiger charge is -2.38. The smallest absolute Gasteiger partial charge is 0.0200 e. The van der Waals surface area contributed by atoms with Gasteiger partial charge in [-0.25, -0.2) is 0 Å². The molecule has 0 saturated heterocycles. The molecule has 0 nitrogen and oxygen atoms in total. The van der Waals surface area contributed by atoms with E-state index < -0.39 is 23.8 Å². The summed E-state index contributed by atoms with van der Waals surface area (Å²) in [5, 5.41) is 9.14. The predicted molar refractivity (Wildman–Crippen MR) is 186 cm³/mol. The Morgan fingerprint density at radius 2 is 0.512 bits per heavy atom. The minimum atomic E-state index is -0.669. The monoisotopic (exact) mass is 582 g/mol. The topological polar surface area (TPSA) is 0 Å². The summed E-state index contributed by atoms with van der Waals surface area (Å²) in [7, 11) is -1.92. The maximum absolute atomic E-state index is 2.36. The zero-order valence-corrected chi connectivity index (χ0v) is 25.6. The molecule has 0 unspecified atom stereocenters. The molecule has 0 atom stereocenters. The molecular formula is C38H33P3. The Balaban J connectivity index is 1.59. The fourth-order valence-corrected chi connectivity index (χ4v) is 16.2. The molecule has 6 rings (SSSR count). The van der Waals surface area contributed by atoms with E-state index in [1.54, 1.807) is 0 Å². The van der Waals surface area contributed by atoms with Gasteiger partial charge in [-0.15, -0.1) is 0 Å². The van der Waals surface area contributed by atoms with Crippen LogP contribution in [0.4, 0.5) is 0 Å². The van der Waals surface area contributed by atoms with Crippen LogP contribution in [0.5, 0.6) is 0 Å². The highest BCUT2D eigenvalue weighted by atomic mass is 31.2. The Morgan fingerprint density at radius 1 is 0.293 bits per heavy atom. The van der Waals surface area contributed by atoms with E-state index in [9.17, 15) is 0 Å². The third-order valence-electron chi connectivity index (χ3n) is 7.22. The average Bonchev–Trinajstić information content (AvgIpc) is 3.06. The van der Waals surface area contributed by atoms with E-state index >= 15 is 0 Å². The van der Waals surface area contributed by atoms with Gasteiger partial charge in [-0.05, 0) is 61.8 Å². The van der Waals surface area contributed by atoms with Crippen LogP contribution in [0, 0.1) is 0 Å². The van der Waals surface area contributed by atoms with Crippen LogP contribution in [0.2, 0.25) is 0 Å². The van der Waals surface area contributed by atoms with Crippen LogP contribution in [0.1, 0.15) is 0 Å². The average molecular weight is 583 g/mol. The van der Waals surface area contributed by atoms with E-state index in [1.165, 1.54) is 31.8 Å². The zero-order valence-electron chi connectivity index (χ0n) is 22.9. The summed E-state index contributed by atoms with van der Waals surface area (Å²) in [6.07, 6.45) is 1.12. The summed E-state index contributed by atoms with van der Waals surface area (Å²) in [4.78, 5) is 0.